The van der Waals surface area contributed by atoms with Crippen molar-refractivity contribution in [1.29, 1.82) is 0 Å². The Morgan fingerprint density at radius 2 is 1.73 bits per heavy atom. The van der Waals surface area contributed by atoms with E-state index >= 15 is 8.78 Å². The number of halogens is 2. The van der Waals surface area contributed by atoms with E-state index in [0.29, 0.717) is 104 Å². The Morgan fingerprint density at radius 1 is 1.01 bits per heavy atom. The van der Waals surface area contributed by atoms with Crippen LogP contribution in [0, 0.1) is 0 Å². The molecule has 74 heavy (non-hydrogen) atoms. The highest BCUT2D eigenvalue weighted by Gasteiger charge is 2.36. The highest BCUT2D eigenvalue weighted by molar-refractivity contribution is 5.87. The number of benzene rings is 2. The van der Waals surface area contributed by atoms with Gasteiger partial charge in [-0.25, -0.2) is 14.6 Å². The number of rotatable bonds is 10. The van der Waals surface area contributed by atoms with Gasteiger partial charge in [0.2, 0.25) is 6.41 Å². The van der Waals surface area contributed by atoms with E-state index in [0.717, 1.165) is 84.1 Å². The fourth-order valence-electron chi connectivity index (χ4n) is 10.9. The number of nitrogen functional groups attached to an aromatic ring is 1. The molecule has 1 aliphatic carbocycles. The summed E-state index contributed by atoms with van der Waals surface area (Å²) >= 11 is 0. The number of carbonyl (C=O) groups is 2. The molecule has 0 radical (unpaired) electrons. The zero-order chi connectivity index (χ0) is 53.5. The van der Waals surface area contributed by atoms with Gasteiger partial charge in [-0.05, 0) is 126 Å². The van der Waals surface area contributed by atoms with Gasteiger partial charge in [0, 0.05) is 108 Å². The van der Waals surface area contributed by atoms with Crippen LogP contribution in [0.4, 0.5) is 31.7 Å². The third kappa shape index (κ3) is 11.1. The minimum atomic E-state index is -2.82. The third-order valence-electron chi connectivity index (χ3n) is 15.1. The average Bonchev–Trinajstić information content (AvgIpc) is 3.92. The summed E-state index contributed by atoms with van der Waals surface area (Å²) in [5, 5.41) is 9.80. The fourth-order valence-corrected chi connectivity index (χ4v) is 10.9. The number of aryl methyl sites for hydroxylation is 1. The minimum absolute atomic E-state index is 0.0416. The Balaban J connectivity index is 0.00000154. The number of aldehydes is 1. The summed E-state index contributed by atoms with van der Waals surface area (Å²) < 4.78 is 35.2. The largest absolute Gasteiger partial charge is 0.402 e. The van der Waals surface area contributed by atoms with Crippen molar-refractivity contribution in [2.24, 2.45) is 17.3 Å². The van der Waals surface area contributed by atoms with Gasteiger partial charge < -0.3 is 56.5 Å². The molecule has 10 heterocycles. The maximum Gasteiger partial charge on any atom is 0.264 e. The number of carbonyl (C=O) groups excluding carboxylic acids is 2. The number of aromatic nitrogens is 3. The molecule has 1 saturated carbocycles. The number of allylic oxidation sites excluding steroid dienone is 4. The molecule has 0 spiro atoms. The first kappa shape index (κ1) is 54.9. The predicted octanol–water partition coefficient (Wildman–Crippen LogP) is 9.03. The molecule has 2 aromatic carbocycles. The number of hydrazine groups is 1. The quantitative estimate of drug-likeness (QED) is 0.0577. The van der Waals surface area contributed by atoms with Crippen LogP contribution < -0.4 is 38.2 Å². The standard InChI is InChI=1S/C53H66F2N12O2.C2H7N.C2H6/c1-6-7-10-40(30-68)61(5)33(3)42-16-15-39-22-37(42)21-35-11-13-38(14-12-35)67-48-17-19-62(31-69)27-46(48)53(60-67)64-18-8-9-36-23-43(44(52(54)55)24-49(36)64)45-28-65(50(51(45)58)20-32(2)56)34(4)47(57)29-66(59)41-25-63(39)26-41;1-3-2;1-2/h6,15-16,20-24,28-31,34,38,40-41,52H,1,3,7-14,17-19,25-27,56-59H2,2,4-5H3;3H,1-2H3;1-2H3/b32-20-,35-21?,47-29-;;/t34-,38?,40?;;/m1../s1. The van der Waals surface area contributed by atoms with Gasteiger partial charge in [0.25, 0.3) is 6.43 Å². The maximum absolute atomic E-state index is 15.5. The fraction of sp³-hybridized carbons (Fsp3) is 0.456. The van der Waals surface area contributed by atoms with Crippen molar-refractivity contribution < 1.29 is 18.4 Å². The van der Waals surface area contributed by atoms with Crippen molar-refractivity contribution in [3.05, 3.63) is 118 Å². The lowest BCUT2D eigenvalue weighted by atomic mass is 9.88. The lowest BCUT2D eigenvalue weighted by Crippen LogP contribution is -2.60. The van der Waals surface area contributed by atoms with Crippen molar-refractivity contribution >= 4 is 53.4 Å². The highest BCUT2D eigenvalue weighted by Crippen LogP contribution is 2.47. The monoisotopic (exact) mass is 1020 g/mol. The molecule has 13 rings (SSSR count). The van der Waals surface area contributed by atoms with E-state index in [9.17, 15) is 9.59 Å². The first-order chi connectivity index (χ1) is 35.6. The first-order valence-electron chi connectivity index (χ1n) is 26.2. The molecule has 1 amide bonds. The highest BCUT2D eigenvalue weighted by atomic mass is 19.3. The second-order valence-electron chi connectivity index (χ2n) is 20.0. The van der Waals surface area contributed by atoms with Crippen molar-refractivity contribution in [2.45, 2.75) is 123 Å². The summed E-state index contributed by atoms with van der Waals surface area (Å²) in [6.07, 6.45) is 15.3. The number of nitrogens with one attached hydrogen (secondary N) is 1. The molecule has 2 atom stereocenters. The van der Waals surface area contributed by atoms with Crippen LogP contribution in [0.3, 0.4) is 0 Å². The topological polar surface area (TPSA) is 189 Å². The Kier molecular flexibility index (Phi) is 17.8. The average molecular weight is 1020 g/mol. The van der Waals surface area contributed by atoms with E-state index in [1.54, 1.807) is 41.4 Å². The zero-order valence-corrected chi connectivity index (χ0v) is 44.6. The third-order valence-corrected chi connectivity index (χ3v) is 15.1. The van der Waals surface area contributed by atoms with Crippen molar-refractivity contribution in [3.8, 4) is 11.1 Å². The van der Waals surface area contributed by atoms with Crippen LogP contribution in [0.5, 0.6) is 0 Å². The van der Waals surface area contributed by atoms with Crippen LogP contribution in [0.2, 0.25) is 0 Å². The number of hydrogen-bond donors (Lipinski definition) is 5. The summed E-state index contributed by atoms with van der Waals surface area (Å²) in [5.74, 6) is 7.46. The molecule has 2 aromatic heterocycles. The normalized spacial score (nSPS) is 20.4. The molecule has 15 nitrogen and oxygen atoms in total. The molecule has 2 fully saturated rings. The van der Waals surface area contributed by atoms with Gasteiger partial charge in [0.1, 0.15) is 6.29 Å². The second kappa shape index (κ2) is 24.0. The van der Waals surface area contributed by atoms with E-state index in [1.807, 2.05) is 63.5 Å². The molecule has 8 aliphatic heterocycles. The van der Waals surface area contributed by atoms with Crippen molar-refractivity contribution in [1.82, 2.24) is 34.5 Å². The van der Waals surface area contributed by atoms with Crippen LogP contribution in [0.1, 0.15) is 130 Å². The Bertz CT molecular complexity index is 2770. The molecular formula is C57H79F2N13O2. The van der Waals surface area contributed by atoms with Gasteiger partial charge in [-0.1, -0.05) is 44.2 Å². The van der Waals surface area contributed by atoms with Gasteiger partial charge in [0.05, 0.1) is 42.1 Å². The predicted molar refractivity (Wildman–Crippen MR) is 298 cm³/mol. The van der Waals surface area contributed by atoms with Crippen molar-refractivity contribution in [2.75, 3.05) is 62.9 Å². The summed E-state index contributed by atoms with van der Waals surface area (Å²) in [7, 11) is 5.67. The number of fused-ring (bicyclic) bond motifs is 1. The number of alkyl halides is 2. The van der Waals surface area contributed by atoms with Crippen LogP contribution in [-0.2, 0) is 29.0 Å². The number of hydrogen-bond acceptors (Lipinski definition) is 12. The lowest BCUT2D eigenvalue weighted by Gasteiger charge is -2.45. The maximum atomic E-state index is 15.5. The van der Waals surface area contributed by atoms with Crippen LogP contribution in [-0.4, -0.2) is 101 Å². The van der Waals surface area contributed by atoms with Gasteiger partial charge in [-0.15, -0.1) is 6.58 Å². The second-order valence-corrected chi connectivity index (χ2v) is 20.0. The van der Waals surface area contributed by atoms with Crippen LogP contribution in [0.25, 0.3) is 29.0 Å². The molecule has 14 bridgehead atoms. The smallest absolute Gasteiger partial charge is 0.264 e. The molecule has 17 heteroatoms. The first-order valence-corrected chi connectivity index (χ1v) is 26.2. The zero-order valence-electron chi connectivity index (χ0n) is 44.6. The minimum Gasteiger partial charge on any atom is -0.402 e. The Hall–Kier alpha value is -6.85. The van der Waals surface area contributed by atoms with E-state index in [-0.39, 0.29) is 23.7 Å². The summed E-state index contributed by atoms with van der Waals surface area (Å²) in [5.41, 5.74) is 31.3. The SMILES string of the molecule is C=CCCC(C=O)N(C)C(=C)c1ccc2cc1C=C1CCC(CC1)n1nc(c3c1CCN(C=O)C3)N1CCCc3cc(c(C(F)F)cc31)-c1cn(c(/C=C(/C)N)c1N)[C@H](C)/C(N)=C/N(N)C1CN2C1.CC.CNC. The van der Waals surface area contributed by atoms with Crippen LogP contribution in [0.15, 0.2) is 78.9 Å². The number of nitrogens with zero attached hydrogens (tertiary/aromatic N) is 8. The molecule has 1 saturated heterocycles. The molecule has 1 unspecified atom stereocenters. The lowest BCUT2D eigenvalue weighted by molar-refractivity contribution is -0.119. The molecule has 4 aromatic rings. The van der Waals surface area contributed by atoms with E-state index in [1.165, 1.54) is 5.57 Å². The van der Waals surface area contributed by atoms with Gasteiger partial charge in [0.15, 0.2) is 5.82 Å². The van der Waals surface area contributed by atoms with Gasteiger partial charge in [-0.2, -0.15) is 5.10 Å². The molecule has 398 valence electrons. The number of likely N-dealkylation sites (N-methyl/N-ethyl adjacent to an activating group) is 1. The van der Waals surface area contributed by atoms with Gasteiger partial charge >= 0.3 is 0 Å². The Labute approximate surface area is 436 Å². The summed E-state index contributed by atoms with van der Waals surface area (Å²) in [4.78, 5) is 32.7. The van der Waals surface area contributed by atoms with Crippen LogP contribution >= 0.6 is 0 Å². The van der Waals surface area contributed by atoms with E-state index < -0.39 is 12.5 Å². The number of anilines is 4. The van der Waals surface area contributed by atoms with E-state index in [2.05, 4.69) is 57.2 Å². The summed E-state index contributed by atoms with van der Waals surface area (Å²) in [6, 6.07) is 9.15. The Morgan fingerprint density at radius 3 is 2.38 bits per heavy atom. The van der Waals surface area contributed by atoms with Crippen molar-refractivity contribution in [3.63, 3.8) is 0 Å². The molecule has 9 N–H and O–H groups in total. The summed E-state index contributed by atoms with van der Waals surface area (Å²) in [6.45, 7) is 18.9. The molecule has 9 aliphatic rings. The van der Waals surface area contributed by atoms with E-state index in [4.69, 9.17) is 28.1 Å². The molecular weight excluding hydrogens is 937 g/mol. The number of amides is 1. The number of nitrogens with two attached hydrogens (primary N) is 4. The van der Waals surface area contributed by atoms with Gasteiger partial charge in [-0.3, -0.25) is 9.48 Å².